The van der Waals surface area contributed by atoms with Crippen LogP contribution in [0.1, 0.15) is 53.4 Å². The lowest BCUT2D eigenvalue weighted by Crippen LogP contribution is -2.24. The molecule has 0 spiro atoms. The van der Waals surface area contributed by atoms with Gasteiger partial charge in [0, 0.05) is 24.9 Å². The van der Waals surface area contributed by atoms with Crippen molar-refractivity contribution in [1.29, 1.82) is 0 Å². The summed E-state index contributed by atoms with van der Waals surface area (Å²) in [5, 5.41) is 7.28. The fourth-order valence-corrected chi connectivity index (χ4v) is 5.37. The molecule has 0 radical (unpaired) electrons. The van der Waals surface area contributed by atoms with Crippen molar-refractivity contribution in [1.82, 2.24) is 14.5 Å². The first kappa shape index (κ1) is 23.8. The van der Waals surface area contributed by atoms with Crippen LogP contribution in [-0.2, 0) is 27.8 Å². The fourth-order valence-electron chi connectivity index (χ4n) is 4.10. The first-order valence-electron chi connectivity index (χ1n) is 11.3. The third kappa shape index (κ3) is 4.67. The maximum Gasteiger partial charge on any atom is 0.249 e. The highest BCUT2D eigenvalue weighted by atomic mass is 32.2. The van der Waals surface area contributed by atoms with Gasteiger partial charge >= 0.3 is 0 Å². The van der Waals surface area contributed by atoms with Crippen molar-refractivity contribution in [2.24, 2.45) is 0 Å². The zero-order valence-corrected chi connectivity index (χ0v) is 20.3. The quantitative estimate of drug-likeness (QED) is 0.532. The molecule has 0 unspecified atom stereocenters. The Hall–Kier alpha value is -3.30. The summed E-state index contributed by atoms with van der Waals surface area (Å²) < 4.78 is 30.5. The zero-order chi connectivity index (χ0) is 24.5. The van der Waals surface area contributed by atoms with Gasteiger partial charge in [0.25, 0.3) is 0 Å². The topological polar surface area (TPSA) is 110 Å². The molecule has 0 saturated heterocycles. The van der Waals surface area contributed by atoms with E-state index in [2.05, 4.69) is 15.1 Å². The molecule has 3 aromatic rings. The summed E-state index contributed by atoms with van der Waals surface area (Å²) in [5.74, 6) is -0.232. The average Bonchev–Trinajstić information content (AvgIpc) is 3.08. The predicted molar refractivity (Wildman–Crippen MR) is 130 cm³/mol. The molecule has 0 fully saturated rings. The summed E-state index contributed by atoms with van der Waals surface area (Å²) in [6.07, 6.45) is 1.52. The van der Waals surface area contributed by atoms with Gasteiger partial charge in [-0.25, -0.2) is 13.1 Å². The van der Waals surface area contributed by atoms with Crippen molar-refractivity contribution in [2.45, 2.75) is 57.9 Å². The number of fused-ring (bicyclic) bond motifs is 1. The Morgan fingerprint density at radius 1 is 1.06 bits per heavy atom. The lowest BCUT2D eigenvalue weighted by Gasteiger charge is -2.13. The van der Waals surface area contributed by atoms with Crippen LogP contribution in [0.5, 0.6) is 0 Å². The summed E-state index contributed by atoms with van der Waals surface area (Å²) in [7, 11) is -3.83. The monoisotopic (exact) mass is 480 g/mol. The van der Waals surface area contributed by atoms with E-state index < -0.39 is 10.0 Å². The second-order valence-corrected chi connectivity index (χ2v) is 10.2. The summed E-state index contributed by atoms with van der Waals surface area (Å²) in [6.45, 7) is 5.85. The molecule has 34 heavy (non-hydrogen) atoms. The molecule has 2 heterocycles. The van der Waals surface area contributed by atoms with Gasteiger partial charge in [-0.3, -0.25) is 9.59 Å². The number of rotatable bonds is 7. The minimum absolute atomic E-state index is 0.0713. The van der Waals surface area contributed by atoms with E-state index in [4.69, 9.17) is 0 Å². The number of benzene rings is 2. The molecular weight excluding hydrogens is 452 g/mol. The van der Waals surface area contributed by atoms with Crippen molar-refractivity contribution < 1.29 is 18.0 Å². The SMILES string of the molecule is CCCc1nn2c(c1-c1ccc(C)c(S(=O)(=O)NCc3ccccc3C)c1)NC(=O)CCC2=O. The van der Waals surface area contributed by atoms with Crippen LogP contribution in [0.3, 0.4) is 0 Å². The van der Waals surface area contributed by atoms with Crippen LogP contribution in [0.15, 0.2) is 47.4 Å². The molecule has 1 aliphatic heterocycles. The van der Waals surface area contributed by atoms with Gasteiger partial charge in [-0.2, -0.15) is 9.78 Å². The lowest BCUT2D eigenvalue weighted by atomic mass is 10.0. The summed E-state index contributed by atoms with van der Waals surface area (Å²) in [4.78, 5) is 25.0. The Labute approximate surface area is 199 Å². The number of carbonyl (C=O) groups excluding carboxylic acids is 2. The molecule has 0 aliphatic carbocycles. The van der Waals surface area contributed by atoms with Crippen molar-refractivity contribution in [3.63, 3.8) is 0 Å². The number of aromatic nitrogens is 2. The van der Waals surface area contributed by atoms with Crippen LogP contribution in [0.25, 0.3) is 11.1 Å². The first-order chi connectivity index (χ1) is 16.2. The van der Waals surface area contributed by atoms with Crippen LogP contribution >= 0.6 is 0 Å². The molecule has 1 aliphatic rings. The summed E-state index contributed by atoms with van der Waals surface area (Å²) >= 11 is 0. The first-order valence-corrected chi connectivity index (χ1v) is 12.8. The smallest absolute Gasteiger partial charge is 0.249 e. The van der Waals surface area contributed by atoms with E-state index in [1.165, 1.54) is 4.68 Å². The second kappa shape index (κ2) is 9.52. The minimum atomic E-state index is -3.83. The van der Waals surface area contributed by atoms with Crippen LogP contribution in [-0.4, -0.2) is 30.0 Å². The number of aryl methyl sites for hydroxylation is 3. The number of carbonyl (C=O) groups is 2. The molecule has 4 rings (SSSR count). The van der Waals surface area contributed by atoms with Crippen LogP contribution in [0, 0.1) is 13.8 Å². The van der Waals surface area contributed by atoms with Crippen molar-refractivity contribution in [2.75, 3.05) is 5.32 Å². The fraction of sp³-hybridized carbons (Fsp3) is 0.320. The Bertz CT molecular complexity index is 1380. The van der Waals surface area contributed by atoms with Gasteiger partial charge < -0.3 is 5.32 Å². The maximum atomic E-state index is 13.3. The van der Waals surface area contributed by atoms with E-state index in [-0.39, 0.29) is 36.1 Å². The molecular formula is C25H28N4O4S. The van der Waals surface area contributed by atoms with E-state index in [9.17, 15) is 18.0 Å². The molecule has 0 saturated carbocycles. The normalized spacial score (nSPS) is 14.0. The molecule has 9 heteroatoms. The van der Waals surface area contributed by atoms with Crippen LogP contribution < -0.4 is 10.0 Å². The van der Waals surface area contributed by atoms with E-state index in [0.29, 0.717) is 34.6 Å². The molecule has 1 amide bonds. The highest BCUT2D eigenvalue weighted by molar-refractivity contribution is 7.89. The van der Waals surface area contributed by atoms with E-state index >= 15 is 0 Å². The van der Waals surface area contributed by atoms with E-state index in [1.54, 1.807) is 25.1 Å². The van der Waals surface area contributed by atoms with Crippen molar-refractivity contribution in [3.8, 4) is 11.1 Å². The molecule has 0 atom stereocenters. The van der Waals surface area contributed by atoms with Gasteiger partial charge in [-0.1, -0.05) is 49.7 Å². The second-order valence-electron chi connectivity index (χ2n) is 8.51. The third-order valence-corrected chi connectivity index (χ3v) is 7.53. The highest BCUT2D eigenvalue weighted by Crippen LogP contribution is 2.36. The number of anilines is 1. The van der Waals surface area contributed by atoms with Crippen molar-refractivity contribution >= 4 is 27.7 Å². The molecule has 8 nitrogen and oxygen atoms in total. The number of amides is 1. The van der Waals surface area contributed by atoms with E-state index in [1.807, 2.05) is 38.1 Å². The molecule has 2 N–H and O–H groups in total. The summed E-state index contributed by atoms with van der Waals surface area (Å²) in [6, 6.07) is 12.7. The number of hydrogen-bond donors (Lipinski definition) is 2. The Balaban J connectivity index is 1.77. The van der Waals surface area contributed by atoms with Gasteiger partial charge in [0.05, 0.1) is 10.6 Å². The Morgan fingerprint density at radius 3 is 2.56 bits per heavy atom. The van der Waals surface area contributed by atoms with Crippen LogP contribution in [0.4, 0.5) is 5.82 Å². The number of hydrogen-bond acceptors (Lipinski definition) is 5. The molecule has 178 valence electrons. The van der Waals surface area contributed by atoms with Gasteiger partial charge in [0.15, 0.2) is 0 Å². The molecule has 2 aromatic carbocycles. The standard InChI is InChI=1S/C25H28N4O4S/c1-4-7-20-24(25-27-22(30)12-13-23(31)29(25)28-20)18-11-10-17(3)21(14-18)34(32,33)26-15-19-9-6-5-8-16(19)2/h5-6,8-11,14,26H,4,7,12-13,15H2,1-3H3,(H,27,30). The molecule has 1 aromatic heterocycles. The highest BCUT2D eigenvalue weighted by Gasteiger charge is 2.28. The average molecular weight is 481 g/mol. The Kier molecular flexibility index (Phi) is 6.67. The van der Waals surface area contributed by atoms with Gasteiger partial charge in [-0.05, 0) is 48.6 Å². The van der Waals surface area contributed by atoms with Crippen molar-refractivity contribution in [3.05, 3.63) is 64.8 Å². The lowest BCUT2D eigenvalue weighted by molar-refractivity contribution is -0.116. The summed E-state index contributed by atoms with van der Waals surface area (Å²) in [5.41, 5.74) is 4.31. The van der Waals surface area contributed by atoms with Gasteiger partial charge in [-0.15, -0.1) is 0 Å². The maximum absolute atomic E-state index is 13.3. The third-order valence-electron chi connectivity index (χ3n) is 5.98. The van der Waals surface area contributed by atoms with Gasteiger partial charge in [0.2, 0.25) is 21.8 Å². The Morgan fingerprint density at radius 2 is 1.82 bits per heavy atom. The van der Waals surface area contributed by atoms with E-state index in [0.717, 1.165) is 17.5 Å². The number of nitrogens with zero attached hydrogens (tertiary/aromatic N) is 2. The van der Waals surface area contributed by atoms with Gasteiger partial charge in [0.1, 0.15) is 5.82 Å². The predicted octanol–water partition coefficient (Wildman–Crippen LogP) is 3.97. The minimum Gasteiger partial charge on any atom is -0.310 e. The molecule has 0 bridgehead atoms. The zero-order valence-electron chi connectivity index (χ0n) is 19.5. The van der Waals surface area contributed by atoms with Crippen LogP contribution in [0.2, 0.25) is 0 Å². The number of sulfonamides is 1. The number of nitrogens with one attached hydrogen (secondary N) is 2. The largest absolute Gasteiger partial charge is 0.310 e.